The van der Waals surface area contributed by atoms with Gasteiger partial charge in [0.15, 0.2) is 0 Å². The molecule has 1 fully saturated rings. The van der Waals surface area contributed by atoms with Gasteiger partial charge in [-0.2, -0.15) is 0 Å². The van der Waals surface area contributed by atoms with E-state index in [-0.39, 0.29) is 31.3 Å². The first-order valence-electron chi connectivity index (χ1n) is 12.6. The molecule has 9 heteroatoms. The van der Waals surface area contributed by atoms with Crippen molar-refractivity contribution in [3.05, 3.63) is 41.1 Å². The van der Waals surface area contributed by atoms with E-state index >= 15 is 0 Å². The van der Waals surface area contributed by atoms with E-state index in [0.29, 0.717) is 25.1 Å². The van der Waals surface area contributed by atoms with Gasteiger partial charge in [-0.3, -0.25) is 9.48 Å². The quantitative estimate of drug-likeness (QED) is 0.492. The molecule has 1 aromatic heterocycles. The maximum Gasteiger partial charge on any atom is 0.302 e. The molecule has 1 aliphatic heterocycles. The van der Waals surface area contributed by atoms with Gasteiger partial charge in [0, 0.05) is 50.1 Å². The van der Waals surface area contributed by atoms with Gasteiger partial charge >= 0.3 is 5.97 Å². The first kappa shape index (κ1) is 29.6. The fraction of sp³-hybridized carbons (Fsp3) is 0.630. The van der Waals surface area contributed by atoms with Crippen molar-refractivity contribution in [2.24, 2.45) is 0 Å². The second-order valence-corrected chi connectivity index (χ2v) is 9.44. The van der Waals surface area contributed by atoms with Crippen LogP contribution in [-0.2, 0) is 20.7 Å². The van der Waals surface area contributed by atoms with Crippen LogP contribution in [0.3, 0.4) is 0 Å². The van der Waals surface area contributed by atoms with Gasteiger partial charge in [-0.25, -0.2) is 0 Å². The highest BCUT2D eigenvalue weighted by Gasteiger charge is 2.32. The molecule has 2 N–H and O–H groups in total. The molecule has 0 radical (unpaired) electrons. The maximum atomic E-state index is 11.1. The van der Waals surface area contributed by atoms with Gasteiger partial charge in [0.1, 0.15) is 12.4 Å². The predicted molar refractivity (Wildman–Crippen MR) is 136 cm³/mol. The van der Waals surface area contributed by atoms with Crippen LogP contribution in [0.15, 0.2) is 24.3 Å². The number of esters is 1. The Labute approximate surface area is 214 Å². The number of rotatable bonds is 9. The summed E-state index contributed by atoms with van der Waals surface area (Å²) in [6.45, 7) is 13.5. The van der Waals surface area contributed by atoms with Gasteiger partial charge in [0.25, 0.3) is 0 Å². The fourth-order valence-electron chi connectivity index (χ4n) is 3.96. The monoisotopic (exact) mass is 506 g/mol. The van der Waals surface area contributed by atoms with Crippen LogP contribution in [0.25, 0.3) is 0 Å². The molecule has 3 unspecified atom stereocenters. The number of hydrogen-bond donors (Lipinski definition) is 2. The topological polar surface area (TPSA) is 112 Å². The lowest BCUT2D eigenvalue weighted by Crippen LogP contribution is -2.41. The SMILES string of the molecule is CC(=O)OCC1CC(O)CC(Oc2nn(C(C)C)c(C)c2Cc2ccc(OC(C)C)cc2)O1.CCO. The van der Waals surface area contributed by atoms with Gasteiger partial charge < -0.3 is 29.2 Å². The first-order valence-corrected chi connectivity index (χ1v) is 12.6. The van der Waals surface area contributed by atoms with E-state index < -0.39 is 18.5 Å². The van der Waals surface area contributed by atoms with Crippen LogP contribution in [-0.4, -0.2) is 63.8 Å². The number of carbonyl (C=O) groups is 1. The van der Waals surface area contributed by atoms with Gasteiger partial charge in [-0.1, -0.05) is 12.1 Å². The van der Waals surface area contributed by atoms with Crippen LogP contribution in [0.4, 0.5) is 0 Å². The number of carbonyl (C=O) groups excluding carboxylic acids is 1. The first-order chi connectivity index (χ1) is 17.0. The predicted octanol–water partition coefficient (Wildman–Crippen LogP) is 3.96. The highest BCUT2D eigenvalue weighted by Crippen LogP contribution is 2.30. The van der Waals surface area contributed by atoms with Crippen LogP contribution >= 0.6 is 0 Å². The molecule has 2 heterocycles. The Morgan fingerprint density at radius 1 is 1.19 bits per heavy atom. The summed E-state index contributed by atoms with van der Waals surface area (Å²) in [5, 5.41) is 22.6. The minimum Gasteiger partial charge on any atom is -0.491 e. The number of aliphatic hydroxyl groups excluding tert-OH is 2. The molecule has 202 valence electrons. The Morgan fingerprint density at radius 3 is 2.39 bits per heavy atom. The molecule has 0 spiro atoms. The standard InChI is InChI=1S/C25H36N2O6.C2H6O/c1-15(2)27-17(5)23(11-19-7-9-21(10-8-19)31-16(3)4)25(26-27)33-24-13-20(29)12-22(32-24)14-30-18(6)28;1-2-3/h7-10,15-16,20,22,24,29H,11-14H2,1-6H3;3H,2H2,1H3. The number of aliphatic hydroxyl groups is 2. The molecule has 1 saturated heterocycles. The summed E-state index contributed by atoms with van der Waals surface area (Å²) in [5.74, 6) is 0.951. The van der Waals surface area contributed by atoms with Gasteiger partial charge in [0.2, 0.25) is 12.2 Å². The zero-order valence-corrected chi connectivity index (χ0v) is 22.6. The Kier molecular flexibility index (Phi) is 11.7. The van der Waals surface area contributed by atoms with E-state index in [2.05, 4.69) is 13.8 Å². The normalized spacial score (nSPS) is 19.6. The third-order valence-corrected chi connectivity index (χ3v) is 5.46. The van der Waals surface area contributed by atoms with E-state index in [9.17, 15) is 9.90 Å². The maximum absolute atomic E-state index is 11.1. The molecule has 3 atom stereocenters. The molecule has 0 saturated carbocycles. The highest BCUT2D eigenvalue weighted by molar-refractivity contribution is 5.65. The van der Waals surface area contributed by atoms with Crippen molar-refractivity contribution in [2.75, 3.05) is 13.2 Å². The van der Waals surface area contributed by atoms with Gasteiger partial charge in [-0.15, -0.1) is 5.10 Å². The highest BCUT2D eigenvalue weighted by atomic mass is 16.7. The third-order valence-electron chi connectivity index (χ3n) is 5.46. The molecule has 0 bridgehead atoms. The van der Waals surface area contributed by atoms with E-state index in [4.69, 9.17) is 29.2 Å². The Balaban J connectivity index is 0.00000145. The summed E-state index contributed by atoms with van der Waals surface area (Å²) >= 11 is 0. The molecule has 1 aliphatic rings. The lowest BCUT2D eigenvalue weighted by atomic mass is 10.0. The Bertz CT molecular complexity index is 940. The second-order valence-electron chi connectivity index (χ2n) is 9.44. The van der Waals surface area contributed by atoms with Crippen molar-refractivity contribution >= 4 is 5.97 Å². The van der Waals surface area contributed by atoms with Crippen molar-refractivity contribution in [3.63, 3.8) is 0 Å². The van der Waals surface area contributed by atoms with Crippen molar-refractivity contribution in [3.8, 4) is 11.6 Å². The largest absolute Gasteiger partial charge is 0.491 e. The summed E-state index contributed by atoms with van der Waals surface area (Å²) < 4.78 is 24.9. The number of benzene rings is 1. The molecule has 1 aromatic carbocycles. The molecule has 0 aliphatic carbocycles. The molecular formula is C27H42N2O7. The van der Waals surface area contributed by atoms with Gasteiger partial charge in [-0.05, 0) is 59.2 Å². The molecule has 36 heavy (non-hydrogen) atoms. The molecule has 3 rings (SSSR count). The van der Waals surface area contributed by atoms with E-state index in [1.165, 1.54) is 6.92 Å². The van der Waals surface area contributed by atoms with Crippen molar-refractivity contribution in [1.29, 1.82) is 0 Å². The number of ether oxygens (including phenoxy) is 4. The van der Waals surface area contributed by atoms with Crippen LogP contribution in [0.5, 0.6) is 11.6 Å². The average Bonchev–Trinajstić information content (AvgIpc) is 3.09. The molecule has 2 aromatic rings. The Morgan fingerprint density at radius 2 is 1.83 bits per heavy atom. The third kappa shape index (κ3) is 9.11. The number of aromatic nitrogens is 2. The zero-order chi connectivity index (χ0) is 26.8. The summed E-state index contributed by atoms with van der Waals surface area (Å²) in [6.07, 6.45) is -0.220. The minimum absolute atomic E-state index is 0.0867. The smallest absolute Gasteiger partial charge is 0.302 e. The number of nitrogens with zero attached hydrogens (tertiary/aromatic N) is 2. The van der Waals surface area contributed by atoms with Crippen molar-refractivity contribution < 1.29 is 34.0 Å². The zero-order valence-electron chi connectivity index (χ0n) is 22.6. The second kappa shape index (κ2) is 14.2. The average molecular weight is 507 g/mol. The molecule has 9 nitrogen and oxygen atoms in total. The molecule has 0 amide bonds. The molecular weight excluding hydrogens is 464 g/mol. The summed E-state index contributed by atoms with van der Waals surface area (Å²) in [5.41, 5.74) is 3.11. The Hall–Kier alpha value is -2.62. The van der Waals surface area contributed by atoms with E-state index in [0.717, 1.165) is 22.6 Å². The van der Waals surface area contributed by atoms with E-state index in [1.54, 1.807) is 6.92 Å². The van der Waals surface area contributed by atoms with Crippen LogP contribution in [0.1, 0.15) is 77.2 Å². The van der Waals surface area contributed by atoms with Crippen LogP contribution in [0, 0.1) is 6.92 Å². The van der Waals surface area contributed by atoms with Crippen molar-refractivity contribution in [2.45, 2.75) is 98.4 Å². The summed E-state index contributed by atoms with van der Waals surface area (Å²) in [6, 6.07) is 8.20. The number of hydrogen-bond acceptors (Lipinski definition) is 8. The van der Waals surface area contributed by atoms with Crippen molar-refractivity contribution in [1.82, 2.24) is 9.78 Å². The fourth-order valence-corrected chi connectivity index (χ4v) is 3.96. The lowest BCUT2D eigenvalue weighted by Gasteiger charge is -2.32. The van der Waals surface area contributed by atoms with Crippen LogP contribution < -0.4 is 9.47 Å². The van der Waals surface area contributed by atoms with Gasteiger partial charge in [0.05, 0.1) is 18.3 Å². The summed E-state index contributed by atoms with van der Waals surface area (Å²) in [4.78, 5) is 11.1. The summed E-state index contributed by atoms with van der Waals surface area (Å²) in [7, 11) is 0. The lowest BCUT2D eigenvalue weighted by molar-refractivity contribution is -0.193. The van der Waals surface area contributed by atoms with Crippen LogP contribution in [0.2, 0.25) is 0 Å². The minimum atomic E-state index is -0.676. The van der Waals surface area contributed by atoms with E-state index in [1.807, 2.05) is 49.7 Å².